The molecule has 0 amide bonds. The van der Waals surface area contributed by atoms with E-state index in [1.165, 1.54) is 0 Å². The lowest BCUT2D eigenvalue weighted by Crippen LogP contribution is -2.02. The van der Waals surface area contributed by atoms with Gasteiger partial charge in [0, 0.05) is 24.1 Å². The Kier molecular flexibility index (Phi) is 4.42. The van der Waals surface area contributed by atoms with Crippen LogP contribution >= 0.6 is 11.3 Å². The van der Waals surface area contributed by atoms with Crippen LogP contribution in [0.25, 0.3) is 10.2 Å². The maximum atomic E-state index is 10.7. The molecular formula is C17H13N3OS. The SMILES string of the molecule is O=Cc1cccc(C#CCCNc2ncnc3sccc23)c1. The van der Waals surface area contributed by atoms with Gasteiger partial charge >= 0.3 is 0 Å². The van der Waals surface area contributed by atoms with Crippen molar-refractivity contribution in [2.75, 3.05) is 11.9 Å². The normalized spacial score (nSPS) is 10.0. The largest absolute Gasteiger partial charge is 0.368 e. The second-order valence-electron chi connectivity index (χ2n) is 4.58. The molecule has 4 nitrogen and oxygen atoms in total. The van der Waals surface area contributed by atoms with E-state index in [9.17, 15) is 4.79 Å². The Bertz CT molecular complexity index is 861. The van der Waals surface area contributed by atoms with Gasteiger partial charge in [-0.05, 0) is 23.6 Å². The molecule has 0 fully saturated rings. The zero-order chi connectivity index (χ0) is 15.2. The molecule has 2 heterocycles. The molecule has 3 aromatic rings. The van der Waals surface area contributed by atoms with Crippen LogP contribution in [0.3, 0.4) is 0 Å². The third kappa shape index (κ3) is 3.30. The summed E-state index contributed by atoms with van der Waals surface area (Å²) >= 11 is 1.60. The molecule has 3 rings (SSSR count). The van der Waals surface area contributed by atoms with Crippen LogP contribution in [0.2, 0.25) is 0 Å². The molecule has 0 aliphatic carbocycles. The summed E-state index contributed by atoms with van der Waals surface area (Å²) in [4.78, 5) is 20.2. The summed E-state index contributed by atoms with van der Waals surface area (Å²) < 4.78 is 0. The van der Waals surface area contributed by atoms with Crippen LogP contribution in [0.5, 0.6) is 0 Å². The minimum Gasteiger partial charge on any atom is -0.368 e. The van der Waals surface area contributed by atoms with Crippen molar-refractivity contribution >= 4 is 33.7 Å². The van der Waals surface area contributed by atoms with Crippen molar-refractivity contribution in [3.05, 3.63) is 53.2 Å². The van der Waals surface area contributed by atoms with E-state index in [4.69, 9.17) is 0 Å². The topological polar surface area (TPSA) is 54.9 Å². The van der Waals surface area contributed by atoms with E-state index in [2.05, 4.69) is 27.1 Å². The van der Waals surface area contributed by atoms with Crippen molar-refractivity contribution in [1.29, 1.82) is 0 Å². The maximum absolute atomic E-state index is 10.7. The van der Waals surface area contributed by atoms with Gasteiger partial charge in [0.15, 0.2) is 0 Å². The van der Waals surface area contributed by atoms with Crippen molar-refractivity contribution in [3.63, 3.8) is 0 Å². The molecule has 22 heavy (non-hydrogen) atoms. The fourth-order valence-electron chi connectivity index (χ4n) is 2.03. The van der Waals surface area contributed by atoms with Gasteiger partial charge in [-0.2, -0.15) is 0 Å². The first kappa shape index (κ1) is 14.2. The lowest BCUT2D eigenvalue weighted by Gasteiger charge is -2.03. The van der Waals surface area contributed by atoms with Crippen molar-refractivity contribution in [2.24, 2.45) is 0 Å². The minimum atomic E-state index is 0.644. The molecule has 0 radical (unpaired) electrons. The standard InChI is InChI=1S/C17H13N3OS/c21-11-14-6-3-5-13(10-14)4-1-2-8-18-16-15-7-9-22-17(15)20-12-19-16/h3,5-7,9-12H,2,8H2,(H,18,19,20). The number of thiophene rings is 1. The number of carbonyl (C=O) groups excluding carboxylic acids is 1. The zero-order valence-electron chi connectivity index (χ0n) is 11.7. The van der Waals surface area contributed by atoms with E-state index in [1.54, 1.807) is 29.8 Å². The van der Waals surface area contributed by atoms with Gasteiger partial charge in [0.25, 0.3) is 0 Å². The first-order valence-electron chi connectivity index (χ1n) is 6.83. The summed E-state index contributed by atoms with van der Waals surface area (Å²) in [7, 11) is 0. The second-order valence-corrected chi connectivity index (χ2v) is 5.48. The number of benzene rings is 1. The molecule has 0 saturated carbocycles. The maximum Gasteiger partial charge on any atom is 0.150 e. The first-order valence-corrected chi connectivity index (χ1v) is 7.71. The zero-order valence-corrected chi connectivity index (χ0v) is 12.6. The van der Waals surface area contributed by atoms with Crippen LogP contribution in [0, 0.1) is 11.8 Å². The Labute approximate surface area is 132 Å². The van der Waals surface area contributed by atoms with Gasteiger partial charge in [0.05, 0.1) is 5.39 Å². The van der Waals surface area contributed by atoms with Gasteiger partial charge in [-0.15, -0.1) is 11.3 Å². The summed E-state index contributed by atoms with van der Waals surface area (Å²) in [6.45, 7) is 0.711. The lowest BCUT2D eigenvalue weighted by molar-refractivity contribution is 0.112. The van der Waals surface area contributed by atoms with Crippen LogP contribution in [-0.4, -0.2) is 22.8 Å². The van der Waals surface area contributed by atoms with E-state index in [1.807, 2.05) is 23.6 Å². The molecule has 2 aromatic heterocycles. The monoisotopic (exact) mass is 307 g/mol. The smallest absolute Gasteiger partial charge is 0.150 e. The molecule has 1 aromatic carbocycles. The molecule has 0 spiro atoms. The Morgan fingerprint density at radius 3 is 3.14 bits per heavy atom. The highest BCUT2D eigenvalue weighted by Gasteiger charge is 2.02. The molecule has 0 bridgehead atoms. The van der Waals surface area contributed by atoms with Crippen LogP contribution in [-0.2, 0) is 0 Å². The highest BCUT2D eigenvalue weighted by Crippen LogP contribution is 2.23. The summed E-state index contributed by atoms with van der Waals surface area (Å²) in [5.74, 6) is 7.00. The fraction of sp³-hybridized carbons (Fsp3) is 0.118. The summed E-state index contributed by atoms with van der Waals surface area (Å²) in [6.07, 6.45) is 3.09. The Morgan fingerprint density at radius 1 is 1.27 bits per heavy atom. The average Bonchev–Trinajstić information content (AvgIpc) is 3.04. The van der Waals surface area contributed by atoms with Gasteiger partial charge in [-0.1, -0.05) is 24.0 Å². The summed E-state index contributed by atoms with van der Waals surface area (Å²) in [5.41, 5.74) is 1.50. The fourth-order valence-corrected chi connectivity index (χ4v) is 2.76. The van der Waals surface area contributed by atoms with Gasteiger partial charge in [-0.25, -0.2) is 9.97 Å². The average molecular weight is 307 g/mol. The molecule has 108 valence electrons. The second kappa shape index (κ2) is 6.83. The Morgan fingerprint density at radius 2 is 2.23 bits per heavy atom. The van der Waals surface area contributed by atoms with Gasteiger partial charge in [0.2, 0.25) is 0 Å². The van der Waals surface area contributed by atoms with E-state index < -0.39 is 0 Å². The molecule has 0 aliphatic rings. The van der Waals surface area contributed by atoms with E-state index in [0.29, 0.717) is 18.5 Å². The molecular weight excluding hydrogens is 294 g/mol. The lowest BCUT2D eigenvalue weighted by atomic mass is 10.1. The van der Waals surface area contributed by atoms with E-state index in [0.717, 1.165) is 27.9 Å². The number of fused-ring (bicyclic) bond motifs is 1. The van der Waals surface area contributed by atoms with Crippen LogP contribution < -0.4 is 5.32 Å². The number of nitrogens with zero attached hydrogens (tertiary/aromatic N) is 2. The molecule has 0 atom stereocenters. The highest BCUT2D eigenvalue weighted by atomic mass is 32.1. The molecule has 1 N–H and O–H groups in total. The Hall–Kier alpha value is -2.71. The van der Waals surface area contributed by atoms with E-state index >= 15 is 0 Å². The van der Waals surface area contributed by atoms with Crippen molar-refractivity contribution in [2.45, 2.75) is 6.42 Å². The minimum absolute atomic E-state index is 0.644. The van der Waals surface area contributed by atoms with E-state index in [-0.39, 0.29) is 0 Å². The number of anilines is 1. The molecule has 0 saturated heterocycles. The van der Waals surface area contributed by atoms with Crippen LogP contribution in [0.15, 0.2) is 42.0 Å². The molecule has 0 unspecified atom stereocenters. The van der Waals surface area contributed by atoms with Gasteiger partial charge in [-0.3, -0.25) is 4.79 Å². The number of hydrogen-bond donors (Lipinski definition) is 1. The van der Waals surface area contributed by atoms with Crippen molar-refractivity contribution in [3.8, 4) is 11.8 Å². The first-order chi connectivity index (χ1) is 10.9. The predicted octanol–water partition coefficient (Wildman–Crippen LogP) is 3.36. The quantitative estimate of drug-likeness (QED) is 0.456. The number of rotatable bonds is 4. The number of hydrogen-bond acceptors (Lipinski definition) is 5. The Balaban J connectivity index is 1.59. The number of aldehydes is 1. The van der Waals surface area contributed by atoms with Crippen molar-refractivity contribution in [1.82, 2.24) is 9.97 Å². The summed E-state index contributed by atoms with van der Waals surface area (Å²) in [6, 6.07) is 9.29. The number of aromatic nitrogens is 2. The van der Waals surface area contributed by atoms with Gasteiger partial charge in [0.1, 0.15) is 23.3 Å². The predicted molar refractivity (Wildman–Crippen MR) is 89.2 cm³/mol. The van der Waals surface area contributed by atoms with Crippen LogP contribution in [0.1, 0.15) is 22.3 Å². The van der Waals surface area contributed by atoms with Gasteiger partial charge < -0.3 is 5.32 Å². The molecule has 5 heteroatoms. The highest BCUT2D eigenvalue weighted by molar-refractivity contribution is 7.16. The molecule has 0 aliphatic heterocycles. The third-order valence-electron chi connectivity index (χ3n) is 3.06. The van der Waals surface area contributed by atoms with Crippen molar-refractivity contribution < 1.29 is 4.79 Å². The third-order valence-corrected chi connectivity index (χ3v) is 3.88. The number of nitrogens with one attached hydrogen (secondary N) is 1. The summed E-state index contributed by atoms with van der Waals surface area (Å²) in [5, 5.41) is 6.32. The number of carbonyl (C=O) groups is 1. The van der Waals surface area contributed by atoms with Crippen LogP contribution in [0.4, 0.5) is 5.82 Å².